The van der Waals surface area contributed by atoms with Crippen molar-refractivity contribution in [3.8, 4) is 5.75 Å². The van der Waals surface area contributed by atoms with Crippen LogP contribution in [0.3, 0.4) is 0 Å². The lowest BCUT2D eigenvalue weighted by atomic mass is 10.1. The molecule has 0 heterocycles. The molecular weight excluding hydrogens is 226 g/mol. The molecule has 3 nitrogen and oxygen atoms in total. The van der Waals surface area contributed by atoms with Crippen LogP contribution < -0.4 is 10.1 Å². The standard InChI is InChI=1S/C12H16ClNO2/c1-9-3-4-11(16-2)10(7-9)8-14-12(15)5-6-13/h3-4,7H,5-6,8H2,1-2H3,(H,14,15). The van der Waals surface area contributed by atoms with Crippen molar-refractivity contribution in [3.63, 3.8) is 0 Å². The van der Waals surface area contributed by atoms with Crippen LogP contribution in [0.1, 0.15) is 17.5 Å². The molecule has 0 aliphatic carbocycles. The summed E-state index contributed by atoms with van der Waals surface area (Å²) >= 11 is 5.48. The van der Waals surface area contributed by atoms with Crippen molar-refractivity contribution in [2.75, 3.05) is 13.0 Å². The van der Waals surface area contributed by atoms with Gasteiger partial charge in [0.25, 0.3) is 0 Å². The summed E-state index contributed by atoms with van der Waals surface area (Å²) in [5, 5.41) is 2.80. The van der Waals surface area contributed by atoms with Gasteiger partial charge in [0.1, 0.15) is 5.75 Å². The molecule has 1 amide bonds. The predicted octanol–water partition coefficient (Wildman–Crippen LogP) is 2.25. The van der Waals surface area contributed by atoms with Gasteiger partial charge in [0.05, 0.1) is 7.11 Å². The van der Waals surface area contributed by atoms with Crippen LogP contribution in [0.2, 0.25) is 0 Å². The highest BCUT2D eigenvalue weighted by Gasteiger charge is 2.05. The van der Waals surface area contributed by atoms with Crippen molar-refractivity contribution in [2.24, 2.45) is 0 Å². The first-order valence-electron chi connectivity index (χ1n) is 5.13. The van der Waals surface area contributed by atoms with Crippen LogP contribution in [-0.4, -0.2) is 18.9 Å². The number of hydrogen-bond donors (Lipinski definition) is 1. The van der Waals surface area contributed by atoms with E-state index in [1.807, 2.05) is 25.1 Å². The summed E-state index contributed by atoms with van der Waals surface area (Å²) in [6, 6.07) is 5.88. The van der Waals surface area contributed by atoms with Gasteiger partial charge in [-0.05, 0) is 13.0 Å². The van der Waals surface area contributed by atoms with Crippen molar-refractivity contribution < 1.29 is 9.53 Å². The van der Waals surface area contributed by atoms with Gasteiger partial charge in [-0.3, -0.25) is 4.79 Å². The van der Waals surface area contributed by atoms with Crippen molar-refractivity contribution in [1.29, 1.82) is 0 Å². The second kappa shape index (κ2) is 6.38. The minimum Gasteiger partial charge on any atom is -0.496 e. The Labute approximate surface area is 101 Å². The Morgan fingerprint density at radius 3 is 2.88 bits per heavy atom. The molecule has 88 valence electrons. The summed E-state index contributed by atoms with van der Waals surface area (Å²) in [6.45, 7) is 2.48. The van der Waals surface area contributed by atoms with Crippen LogP contribution in [0.15, 0.2) is 18.2 Å². The number of carbonyl (C=O) groups is 1. The van der Waals surface area contributed by atoms with Crippen molar-refractivity contribution in [2.45, 2.75) is 19.9 Å². The van der Waals surface area contributed by atoms with Gasteiger partial charge in [-0.2, -0.15) is 0 Å². The van der Waals surface area contributed by atoms with Crippen LogP contribution in [-0.2, 0) is 11.3 Å². The second-order valence-corrected chi connectivity index (χ2v) is 3.91. The topological polar surface area (TPSA) is 38.3 Å². The largest absolute Gasteiger partial charge is 0.496 e. The Morgan fingerprint density at radius 1 is 1.50 bits per heavy atom. The first-order valence-corrected chi connectivity index (χ1v) is 5.67. The van der Waals surface area contributed by atoms with Crippen molar-refractivity contribution >= 4 is 17.5 Å². The van der Waals surface area contributed by atoms with E-state index in [9.17, 15) is 4.79 Å². The lowest BCUT2D eigenvalue weighted by Crippen LogP contribution is -2.23. The van der Waals surface area contributed by atoms with E-state index in [0.29, 0.717) is 18.8 Å². The lowest BCUT2D eigenvalue weighted by Gasteiger charge is -2.10. The van der Waals surface area contributed by atoms with E-state index in [4.69, 9.17) is 16.3 Å². The molecule has 4 heteroatoms. The average Bonchev–Trinajstić information content (AvgIpc) is 2.27. The van der Waals surface area contributed by atoms with Crippen LogP contribution in [0.5, 0.6) is 5.75 Å². The molecule has 0 aliphatic heterocycles. The molecule has 0 spiro atoms. The van der Waals surface area contributed by atoms with E-state index < -0.39 is 0 Å². The van der Waals surface area contributed by atoms with Gasteiger partial charge in [-0.1, -0.05) is 17.7 Å². The molecule has 1 aromatic rings. The third-order valence-corrected chi connectivity index (χ3v) is 2.42. The molecule has 0 aromatic heterocycles. The second-order valence-electron chi connectivity index (χ2n) is 3.53. The maximum atomic E-state index is 11.3. The number of ether oxygens (including phenoxy) is 1. The molecule has 1 aromatic carbocycles. The maximum Gasteiger partial charge on any atom is 0.221 e. The number of halogens is 1. The Kier molecular flexibility index (Phi) is 5.12. The molecule has 0 atom stereocenters. The number of nitrogens with one attached hydrogen (secondary N) is 1. The summed E-state index contributed by atoms with van der Waals surface area (Å²) < 4.78 is 5.22. The third kappa shape index (κ3) is 3.74. The summed E-state index contributed by atoms with van der Waals surface area (Å²) in [7, 11) is 1.62. The quantitative estimate of drug-likeness (QED) is 0.803. The highest BCUT2D eigenvalue weighted by molar-refractivity contribution is 6.18. The third-order valence-electron chi connectivity index (χ3n) is 2.23. The zero-order valence-electron chi connectivity index (χ0n) is 9.55. The predicted molar refractivity (Wildman–Crippen MR) is 64.9 cm³/mol. The minimum atomic E-state index is -0.0430. The number of carbonyl (C=O) groups excluding carboxylic acids is 1. The molecule has 0 aliphatic rings. The first kappa shape index (κ1) is 12.8. The van der Waals surface area contributed by atoms with Gasteiger partial charge in [0.15, 0.2) is 0 Å². The Hall–Kier alpha value is -1.22. The van der Waals surface area contributed by atoms with Gasteiger partial charge in [-0.15, -0.1) is 11.6 Å². The van der Waals surface area contributed by atoms with Gasteiger partial charge in [0.2, 0.25) is 5.91 Å². The number of amides is 1. The smallest absolute Gasteiger partial charge is 0.221 e. The van der Waals surface area contributed by atoms with Crippen molar-refractivity contribution in [1.82, 2.24) is 5.32 Å². The van der Waals surface area contributed by atoms with E-state index in [1.165, 1.54) is 0 Å². The molecule has 0 saturated heterocycles. The molecule has 0 unspecified atom stereocenters. The fourth-order valence-corrected chi connectivity index (χ4v) is 1.59. The number of rotatable bonds is 5. The summed E-state index contributed by atoms with van der Waals surface area (Å²) in [4.78, 5) is 11.3. The Balaban J connectivity index is 2.65. The van der Waals surface area contributed by atoms with E-state index in [1.54, 1.807) is 7.11 Å². The van der Waals surface area contributed by atoms with E-state index in [2.05, 4.69) is 5.32 Å². The number of alkyl halides is 1. The maximum absolute atomic E-state index is 11.3. The highest BCUT2D eigenvalue weighted by atomic mass is 35.5. The number of methoxy groups -OCH3 is 1. The van der Waals surface area contributed by atoms with E-state index in [-0.39, 0.29) is 5.91 Å². The normalized spacial score (nSPS) is 9.94. The fourth-order valence-electron chi connectivity index (χ4n) is 1.41. The zero-order valence-corrected chi connectivity index (χ0v) is 10.3. The summed E-state index contributed by atoms with van der Waals surface area (Å²) in [5.41, 5.74) is 2.12. The van der Waals surface area contributed by atoms with E-state index >= 15 is 0 Å². The summed E-state index contributed by atoms with van der Waals surface area (Å²) in [6.07, 6.45) is 0.343. The zero-order chi connectivity index (χ0) is 12.0. The van der Waals surface area contributed by atoms with Crippen molar-refractivity contribution in [3.05, 3.63) is 29.3 Å². The summed E-state index contributed by atoms with van der Waals surface area (Å²) in [5.74, 6) is 1.09. The molecule has 16 heavy (non-hydrogen) atoms. The Bertz CT molecular complexity index is 366. The van der Waals surface area contributed by atoms with Crippen LogP contribution in [0.4, 0.5) is 0 Å². The van der Waals surface area contributed by atoms with Gasteiger partial charge < -0.3 is 10.1 Å². The van der Waals surface area contributed by atoms with E-state index in [0.717, 1.165) is 16.9 Å². The lowest BCUT2D eigenvalue weighted by molar-refractivity contribution is -0.120. The molecule has 1 N–H and O–H groups in total. The van der Waals surface area contributed by atoms with Gasteiger partial charge in [0, 0.05) is 24.4 Å². The highest BCUT2D eigenvalue weighted by Crippen LogP contribution is 2.19. The SMILES string of the molecule is COc1ccc(C)cc1CNC(=O)CCCl. The molecular formula is C12H16ClNO2. The van der Waals surface area contributed by atoms with Crippen LogP contribution >= 0.6 is 11.6 Å². The number of hydrogen-bond acceptors (Lipinski definition) is 2. The minimum absolute atomic E-state index is 0.0430. The first-order chi connectivity index (χ1) is 7.67. The Morgan fingerprint density at radius 2 is 2.25 bits per heavy atom. The number of aryl methyl sites for hydroxylation is 1. The van der Waals surface area contributed by atoms with Gasteiger partial charge >= 0.3 is 0 Å². The molecule has 0 bridgehead atoms. The van der Waals surface area contributed by atoms with Gasteiger partial charge in [-0.25, -0.2) is 0 Å². The molecule has 1 rings (SSSR count). The fraction of sp³-hybridized carbons (Fsp3) is 0.417. The molecule has 0 radical (unpaired) electrons. The van der Waals surface area contributed by atoms with Crippen LogP contribution in [0, 0.1) is 6.92 Å². The molecule has 0 fully saturated rings. The monoisotopic (exact) mass is 241 g/mol. The molecule has 0 saturated carbocycles. The van der Waals surface area contributed by atoms with Crippen LogP contribution in [0.25, 0.3) is 0 Å². The average molecular weight is 242 g/mol. The number of benzene rings is 1.